The third-order valence-corrected chi connectivity index (χ3v) is 3.46. The molecule has 15 heavy (non-hydrogen) atoms. The summed E-state index contributed by atoms with van der Waals surface area (Å²) in [7, 11) is 1.94. The van der Waals surface area contributed by atoms with E-state index < -0.39 is 6.17 Å². The lowest BCUT2D eigenvalue weighted by Gasteiger charge is -2.45. The molecule has 2 heteroatoms. The number of likely N-dealkylation sites (N-methyl/N-ethyl adjacent to an activating group) is 1. The Morgan fingerprint density at radius 2 is 2.07 bits per heavy atom. The van der Waals surface area contributed by atoms with Crippen molar-refractivity contribution in [1.29, 1.82) is 0 Å². The van der Waals surface area contributed by atoms with Crippen LogP contribution in [0.4, 0.5) is 4.39 Å². The predicted octanol–water partition coefficient (Wildman–Crippen LogP) is 2.58. The van der Waals surface area contributed by atoms with Crippen LogP contribution in [0.3, 0.4) is 0 Å². The van der Waals surface area contributed by atoms with Crippen LogP contribution in [-0.2, 0) is 5.41 Å². The maximum Gasteiger partial charge on any atom is 0.102 e. The summed E-state index contributed by atoms with van der Waals surface area (Å²) >= 11 is 0. The molecule has 0 saturated heterocycles. The van der Waals surface area contributed by atoms with Gasteiger partial charge < -0.3 is 5.32 Å². The van der Waals surface area contributed by atoms with Gasteiger partial charge >= 0.3 is 0 Å². The first-order valence-electron chi connectivity index (χ1n) is 5.53. The molecule has 1 aliphatic carbocycles. The maximum atomic E-state index is 13.1. The number of halogens is 1. The molecule has 1 aliphatic rings. The average molecular weight is 207 g/mol. The molecule has 0 amide bonds. The molecule has 0 unspecified atom stereocenters. The van der Waals surface area contributed by atoms with E-state index in [-0.39, 0.29) is 5.41 Å². The molecule has 0 atom stereocenters. The largest absolute Gasteiger partial charge is 0.319 e. The monoisotopic (exact) mass is 207 g/mol. The SMILES string of the molecule is CNCC1(c2ccccc2C)CC(F)C1. The van der Waals surface area contributed by atoms with Gasteiger partial charge in [0, 0.05) is 12.0 Å². The molecule has 0 aromatic heterocycles. The van der Waals surface area contributed by atoms with Crippen molar-refractivity contribution in [2.75, 3.05) is 13.6 Å². The molecule has 0 bridgehead atoms. The zero-order valence-electron chi connectivity index (χ0n) is 9.39. The normalized spacial score (nSPS) is 29.9. The molecular weight excluding hydrogens is 189 g/mol. The van der Waals surface area contributed by atoms with Crippen LogP contribution < -0.4 is 5.32 Å². The summed E-state index contributed by atoms with van der Waals surface area (Å²) in [6.07, 6.45) is 0.718. The molecule has 1 aromatic rings. The molecule has 1 nitrogen and oxygen atoms in total. The fraction of sp³-hybridized carbons (Fsp3) is 0.538. The number of benzene rings is 1. The van der Waals surface area contributed by atoms with Crippen LogP contribution in [0.15, 0.2) is 24.3 Å². The van der Waals surface area contributed by atoms with Crippen molar-refractivity contribution in [2.24, 2.45) is 0 Å². The molecule has 0 heterocycles. The van der Waals surface area contributed by atoms with E-state index in [1.54, 1.807) is 0 Å². The molecule has 1 N–H and O–H groups in total. The van der Waals surface area contributed by atoms with Gasteiger partial charge in [-0.1, -0.05) is 24.3 Å². The number of hydrogen-bond acceptors (Lipinski definition) is 1. The van der Waals surface area contributed by atoms with Crippen molar-refractivity contribution in [3.63, 3.8) is 0 Å². The molecule has 1 fully saturated rings. The molecule has 0 aliphatic heterocycles. The average Bonchev–Trinajstić information content (AvgIpc) is 2.16. The van der Waals surface area contributed by atoms with E-state index in [1.165, 1.54) is 11.1 Å². The van der Waals surface area contributed by atoms with Crippen molar-refractivity contribution < 1.29 is 4.39 Å². The molecule has 0 spiro atoms. The maximum absolute atomic E-state index is 13.1. The lowest BCUT2D eigenvalue weighted by Crippen LogP contribution is -2.49. The minimum absolute atomic E-state index is 0.0412. The number of rotatable bonds is 3. The number of nitrogens with one attached hydrogen (secondary N) is 1. The van der Waals surface area contributed by atoms with Gasteiger partial charge in [-0.05, 0) is 37.9 Å². The lowest BCUT2D eigenvalue weighted by atomic mass is 9.62. The van der Waals surface area contributed by atoms with E-state index >= 15 is 0 Å². The van der Waals surface area contributed by atoms with E-state index in [9.17, 15) is 4.39 Å². The van der Waals surface area contributed by atoms with Gasteiger partial charge in [-0.3, -0.25) is 0 Å². The molecule has 1 aromatic carbocycles. The van der Waals surface area contributed by atoms with E-state index in [0.29, 0.717) is 12.8 Å². The van der Waals surface area contributed by atoms with Gasteiger partial charge in [0.2, 0.25) is 0 Å². The third kappa shape index (κ3) is 1.78. The zero-order valence-corrected chi connectivity index (χ0v) is 9.39. The summed E-state index contributed by atoms with van der Waals surface area (Å²) in [5, 5.41) is 3.19. The van der Waals surface area contributed by atoms with Gasteiger partial charge in [0.1, 0.15) is 6.17 Å². The van der Waals surface area contributed by atoms with Crippen LogP contribution in [0, 0.1) is 6.92 Å². The first-order valence-corrected chi connectivity index (χ1v) is 5.53. The van der Waals surface area contributed by atoms with Gasteiger partial charge in [-0.15, -0.1) is 0 Å². The summed E-state index contributed by atoms with van der Waals surface area (Å²) in [5.74, 6) is 0. The van der Waals surface area contributed by atoms with Gasteiger partial charge in [0.25, 0.3) is 0 Å². The highest BCUT2D eigenvalue weighted by Crippen LogP contribution is 2.46. The quantitative estimate of drug-likeness (QED) is 0.803. The number of aryl methyl sites for hydroxylation is 1. The van der Waals surface area contributed by atoms with Crippen LogP contribution in [0.2, 0.25) is 0 Å². The van der Waals surface area contributed by atoms with E-state index in [4.69, 9.17) is 0 Å². The smallest absolute Gasteiger partial charge is 0.102 e. The fourth-order valence-electron chi connectivity index (χ4n) is 2.75. The van der Waals surface area contributed by atoms with Crippen molar-refractivity contribution >= 4 is 0 Å². The van der Waals surface area contributed by atoms with Crippen molar-refractivity contribution in [1.82, 2.24) is 5.32 Å². The van der Waals surface area contributed by atoms with Crippen LogP contribution >= 0.6 is 0 Å². The fourth-order valence-corrected chi connectivity index (χ4v) is 2.75. The number of hydrogen-bond donors (Lipinski definition) is 1. The molecular formula is C13H18FN. The Hall–Kier alpha value is -0.890. The summed E-state index contributed by atoms with van der Waals surface area (Å²) < 4.78 is 13.1. The van der Waals surface area contributed by atoms with E-state index in [1.807, 2.05) is 19.2 Å². The second-order valence-corrected chi connectivity index (χ2v) is 4.63. The topological polar surface area (TPSA) is 12.0 Å². The Kier molecular flexibility index (Phi) is 2.79. The van der Waals surface area contributed by atoms with Crippen molar-refractivity contribution in [2.45, 2.75) is 31.4 Å². The molecule has 82 valence electrons. The van der Waals surface area contributed by atoms with Crippen LogP contribution in [-0.4, -0.2) is 19.8 Å². The second kappa shape index (κ2) is 3.93. The van der Waals surface area contributed by atoms with Gasteiger partial charge in [-0.2, -0.15) is 0 Å². The van der Waals surface area contributed by atoms with Crippen LogP contribution in [0.25, 0.3) is 0 Å². The minimum Gasteiger partial charge on any atom is -0.319 e. The molecule has 0 radical (unpaired) electrons. The van der Waals surface area contributed by atoms with Gasteiger partial charge in [-0.25, -0.2) is 4.39 Å². The first kappa shape index (κ1) is 10.6. The Bertz CT molecular complexity index is 337. The summed E-state index contributed by atoms with van der Waals surface area (Å²) in [5.41, 5.74) is 2.63. The lowest BCUT2D eigenvalue weighted by molar-refractivity contribution is 0.0936. The molecule has 1 saturated carbocycles. The minimum atomic E-state index is -0.613. The van der Waals surface area contributed by atoms with Crippen molar-refractivity contribution in [3.8, 4) is 0 Å². The summed E-state index contributed by atoms with van der Waals surface area (Å²) in [6, 6.07) is 8.33. The first-order chi connectivity index (χ1) is 7.18. The van der Waals surface area contributed by atoms with Gasteiger partial charge in [0.15, 0.2) is 0 Å². The predicted molar refractivity (Wildman–Crippen MR) is 60.9 cm³/mol. The van der Waals surface area contributed by atoms with E-state index in [0.717, 1.165) is 6.54 Å². The zero-order chi connectivity index (χ0) is 10.9. The Morgan fingerprint density at radius 3 is 2.60 bits per heavy atom. The van der Waals surface area contributed by atoms with Crippen molar-refractivity contribution in [3.05, 3.63) is 35.4 Å². The summed E-state index contributed by atoms with van der Waals surface area (Å²) in [4.78, 5) is 0. The second-order valence-electron chi connectivity index (χ2n) is 4.63. The van der Waals surface area contributed by atoms with Crippen LogP contribution in [0.5, 0.6) is 0 Å². The standard InChI is InChI=1S/C13H18FN/c1-10-5-3-4-6-12(10)13(9-15-2)7-11(14)8-13/h3-6,11,15H,7-9H2,1-2H3. The third-order valence-electron chi connectivity index (χ3n) is 3.46. The molecule has 2 rings (SSSR count). The Balaban J connectivity index is 2.30. The Labute approximate surface area is 90.7 Å². The highest BCUT2D eigenvalue weighted by molar-refractivity contribution is 5.36. The highest BCUT2D eigenvalue weighted by atomic mass is 19.1. The number of alkyl halides is 1. The Morgan fingerprint density at radius 1 is 1.40 bits per heavy atom. The van der Waals surface area contributed by atoms with Crippen LogP contribution in [0.1, 0.15) is 24.0 Å². The highest BCUT2D eigenvalue weighted by Gasteiger charge is 2.45. The van der Waals surface area contributed by atoms with Gasteiger partial charge in [0.05, 0.1) is 0 Å². The summed E-state index contributed by atoms with van der Waals surface area (Å²) in [6.45, 7) is 2.98. The van der Waals surface area contributed by atoms with E-state index in [2.05, 4.69) is 24.4 Å².